The van der Waals surface area contributed by atoms with Crippen LogP contribution in [0.25, 0.3) is 0 Å². The number of carbonyl (C=O) groups is 1. The molecule has 0 aromatic carbocycles. The van der Waals surface area contributed by atoms with Gasteiger partial charge in [0.1, 0.15) is 18.3 Å². The summed E-state index contributed by atoms with van der Waals surface area (Å²) < 4.78 is 0. The van der Waals surface area contributed by atoms with E-state index in [0.29, 0.717) is 5.82 Å². The first-order valence-electron chi connectivity index (χ1n) is 5.55. The van der Waals surface area contributed by atoms with Gasteiger partial charge in [-0.1, -0.05) is 0 Å². The number of piperidine rings is 1. The molecule has 2 heterocycles. The van der Waals surface area contributed by atoms with E-state index < -0.39 is 4.92 Å². The fourth-order valence-electron chi connectivity index (χ4n) is 2.04. The summed E-state index contributed by atoms with van der Waals surface area (Å²) in [5.41, 5.74) is -0.0339. The van der Waals surface area contributed by atoms with Crippen LogP contribution < -0.4 is 4.90 Å². The lowest BCUT2D eigenvalue weighted by Gasteiger charge is -2.33. The Bertz CT molecular complexity index is 418. The third-order valence-corrected chi connectivity index (χ3v) is 2.94. The van der Waals surface area contributed by atoms with Crippen molar-refractivity contribution in [1.29, 1.82) is 0 Å². The van der Waals surface area contributed by atoms with Crippen LogP contribution in [0.5, 0.6) is 0 Å². The Kier molecular flexibility index (Phi) is 3.32. The van der Waals surface area contributed by atoms with E-state index in [4.69, 9.17) is 0 Å². The van der Waals surface area contributed by atoms with Gasteiger partial charge in [-0.05, 0) is 25.3 Å². The summed E-state index contributed by atoms with van der Waals surface area (Å²) in [6, 6.07) is 2.86. The molecule has 17 heavy (non-hydrogen) atoms. The van der Waals surface area contributed by atoms with Crippen LogP contribution >= 0.6 is 0 Å². The number of anilines is 1. The minimum atomic E-state index is -0.482. The van der Waals surface area contributed by atoms with Gasteiger partial charge in [-0.25, -0.2) is 4.98 Å². The predicted octanol–water partition coefficient (Wildman–Crippen LogP) is 1.55. The van der Waals surface area contributed by atoms with Crippen LogP contribution in [0, 0.1) is 10.1 Å². The summed E-state index contributed by atoms with van der Waals surface area (Å²) >= 11 is 0. The van der Waals surface area contributed by atoms with Crippen LogP contribution in [-0.4, -0.2) is 28.8 Å². The Morgan fingerprint density at radius 1 is 1.47 bits per heavy atom. The number of rotatable bonds is 3. The van der Waals surface area contributed by atoms with Gasteiger partial charge in [-0.3, -0.25) is 10.1 Å². The van der Waals surface area contributed by atoms with Gasteiger partial charge in [0.15, 0.2) is 0 Å². The second-order valence-electron chi connectivity index (χ2n) is 4.02. The Morgan fingerprint density at radius 3 is 2.88 bits per heavy atom. The maximum Gasteiger partial charge on any atom is 0.287 e. The van der Waals surface area contributed by atoms with Crippen LogP contribution in [0.2, 0.25) is 0 Å². The molecule has 1 aromatic rings. The van der Waals surface area contributed by atoms with E-state index in [9.17, 15) is 14.9 Å². The third-order valence-electron chi connectivity index (χ3n) is 2.94. The van der Waals surface area contributed by atoms with Gasteiger partial charge < -0.3 is 9.69 Å². The normalized spacial score (nSPS) is 20.0. The highest BCUT2D eigenvalue weighted by Gasteiger charge is 2.23. The molecule has 1 aromatic heterocycles. The molecule has 1 aliphatic rings. The summed E-state index contributed by atoms with van der Waals surface area (Å²) in [6.45, 7) is 0.772. The SMILES string of the molecule is O=CC1CCCCN1c1ccc([N+](=O)[O-])cn1. The number of aromatic nitrogens is 1. The fraction of sp³-hybridized carbons (Fsp3) is 0.455. The van der Waals surface area contributed by atoms with Crippen LogP contribution in [-0.2, 0) is 4.79 Å². The van der Waals surface area contributed by atoms with E-state index in [1.165, 1.54) is 12.3 Å². The summed E-state index contributed by atoms with van der Waals surface area (Å²) in [7, 11) is 0. The summed E-state index contributed by atoms with van der Waals surface area (Å²) in [6.07, 6.45) is 5.02. The van der Waals surface area contributed by atoms with Crippen LogP contribution in [0.4, 0.5) is 11.5 Å². The van der Waals surface area contributed by atoms with Crippen molar-refractivity contribution in [3.63, 3.8) is 0 Å². The highest BCUT2D eigenvalue weighted by Crippen LogP contribution is 2.23. The molecule has 1 aliphatic heterocycles. The Morgan fingerprint density at radius 2 is 2.29 bits per heavy atom. The lowest BCUT2D eigenvalue weighted by atomic mass is 10.0. The molecule has 0 bridgehead atoms. The zero-order valence-electron chi connectivity index (χ0n) is 9.28. The highest BCUT2D eigenvalue weighted by molar-refractivity contribution is 5.65. The molecular weight excluding hydrogens is 222 g/mol. The molecule has 2 rings (SSSR count). The van der Waals surface area contributed by atoms with E-state index in [-0.39, 0.29) is 11.7 Å². The average Bonchev–Trinajstić information content (AvgIpc) is 2.39. The summed E-state index contributed by atoms with van der Waals surface area (Å²) in [4.78, 5) is 26.9. The molecule has 0 amide bonds. The minimum Gasteiger partial charge on any atom is -0.347 e. The van der Waals surface area contributed by atoms with Gasteiger partial charge in [0.2, 0.25) is 0 Å². The topological polar surface area (TPSA) is 76.3 Å². The molecule has 1 fully saturated rings. The summed E-state index contributed by atoms with van der Waals surface area (Å²) in [5.74, 6) is 0.632. The van der Waals surface area contributed by atoms with E-state index in [1.54, 1.807) is 6.07 Å². The number of pyridine rings is 1. The predicted molar refractivity (Wildman–Crippen MR) is 61.9 cm³/mol. The third kappa shape index (κ3) is 2.41. The van der Waals surface area contributed by atoms with E-state index >= 15 is 0 Å². The molecule has 90 valence electrons. The maximum atomic E-state index is 10.9. The Labute approximate surface area is 98.4 Å². The number of nitrogens with zero attached hydrogens (tertiary/aromatic N) is 3. The van der Waals surface area contributed by atoms with Gasteiger partial charge in [0, 0.05) is 12.6 Å². The van der Waals surface area contributed by atoms with Gasteiger partial charge >= 0.3 is 0 Å². The zero-order chi connectivity index (χ0) is 12.3. The molecule has 6 nitrogen and oxygen atoms in total. The van der Waals surface area contributed by atoms with Gasteiger partial charge in [0.05, 0.1) is 11.0 Å². The Balaban J connectivity index is 2.20. The van der Waals surface area contributed by atoms with E-state index in [0.717, 1.165) is 32.1 Å². The minimum absolute atomic E-state index is 0.0339. The number of nitro groups is 1. The molecule has 0 aliphatic carbocycles. The molecule has 1 saturated heterocycles. The molecule has 0 N–H and O–H groups in total. The van der Waals surface area contributed by atoms with Crippen molar-refractivity contribution < 1.29 is 9.72 Å². The van der Waals surface area contributed by atoms with Crippen molar-refractivity contribution in [2.75, 3.05) is 11.4 Å². The molecule has 0 saturated carbocycles. The molecule has 1 atom stereocenters. The average molecular weight is 235 g/mol. The lowest BCUT2D eigenvalue weighted by molar-refractivity contribution is -0.385. The van der Waals surface area contributed by atoms with Crippen LogP contribution in [0.3, 0.4) is 0 Å². The van der Waals surface area contributed by atoms with Gasteiger partial charge in [-0.2, -0.15) is 0 Å². The molecule has 1 unspecified atom stereocenters. The lowest BCUT2D eigenvalue weighted by Crippen LogP contribution is -2.41. The van der Waals surface area contributed by atoms with Crippen molar-refractivity contribution in [3.8, 4) is 0 Å². The van der Waals surface area contributed by atoms with Crippen molar-refractivity contribution >= 4 is 17.8 Å². The van der Waals surface area contributed by atoms with Crippen molar-refractivity contribution in [3.05, 3.63) is 28.4 Å². The van der Waals surface area contributed by atoms with Crippen LogP contribution in [0.15, 0.2) is 18.3 Å². The zero-order valence-corrected chi connectivity index (χ0v) is 9.28. The maximum absolute atomic E-state index is 10.9. The molecular formula is C11H13N3O3. The van der Waals surface area contributed by atoms with Crippen molar-refractivity contribution in [1.82, 2.24) is 4.98 Å². The van der Waals surface area contributed by atoms with E-state index in [2.05, 4.69) is 4.98 Å². The van der Waals surface area contributed by atoms with Crippen molar-refractivity contribution in [2.45, 2.75) is 25.3 Å². The molecule has 0 spiro atoms. The van der Waals surface area contributed by atoms with Crippen molar-refractivity contribution in [2.24, 2.45) is 0 Å². The summed E-state index contributed by atoms with van der Waals surface area (Å²) in [5, 5.41) is 10.5. The quantitative estimate of drug-likeness (QED) is 0.451. The number of aldehydes is 1. The van der Waals surface area contributed by atoms with Gasteiger partial charge in [0.25, 0.3) is 5.69 Å². The second kappa shape index (κ2) is 4.90. The smallest absolute Gasteiger partial charge is 0.287 e. The number of hydrogen-bond donors (Lipinski definition) is 0. The second-order valence-corrected chi connectivity index (χ2v) is 4.02. The first-order valence-corrected chi connectivity index (χ1v) is 5.55. The van der Waals surface area contributed by atoms with Crippen LogP contribution in [0.1, 0.15) is 19.3 Å². The monoisotopic (exact) mass is 235 g/mol. The number of hydrogen-bond acceptors (Lipinski definition) is 5. The molecule has 6 heteroatoms. The number of carbonyl (C=O) groups excluding carboxylic acids is 1. The Hall–Kier alpha value is -1.98. The molecule has 0 radical (unpaired) electrons. The standard InChI is InChI=1S/C11H13N3O3/c15-8-10-3-1-2-6-13(10)11-5-4-9(7-12-11)14(16)17/h4-5,7-8,10H,1-3,6H2. The van der Waals surface area contributed by atoms with E-state index in [1.807, 2.05) is 4.90 Å². The van der Waals surface area contributed by atoms with Gasteiger partial charge in [-0.15, -0.1) is 0 Å². The highest BCUT2D eigenvalue weighted by atomic mass is 16.6. The first-order chi connectivity index (χ1) is 8.22. The first kappa shape index (κ1) is 11.5. The largest absolute Gasteiger partial charge is 0.347 e. The fourth-order valence-corrected chi connectivity index (χ4v) is 2.04.